The fourth-order valence-corrected chi connectivity index (χ4v) is 2.72. The summed E-state index contributed by atoms with van der Waals surface area (Å²) < 4.78 is 0. The first-order chi connectivity index (χ1) is 11.7. The number of rotatable bonds is 9. The summed E-state index contributed by atoms with van der Waals surface area (Å²) in [6.07, 6.45) is 14.5. The molecular formula is C21H38N2O. The van der Waals surface area contributed by atoms with Crippen molar-refractivity contribution >= 4 is 5.91 Å². The highest BCUT2D eigenvalue weighted by Gasteiger charge is 2.19. The molecular weight excluding hydrogens is 296 g/mol. The first kappa shape index (κ1) is 22.6. The maximum atomic E-state index is 11.4. The smallest absolute Gasteiger partial charge is 0.219 e. The van der Waals surface area contributed by atoms with E-state index < -0.39 is 0 Å². The molecule has 0 unspecified atom stereocenters. The predicted molar refractivity (Wildman–Crippen MR) is 106 cm³/mol. The van der Waals surface area contributed by atoms with Crippen molar-refractivity contribution in [1.29, 1.82) is 0 Å². The van der Waals surface area contributed by atoms with Crippen molar-refractivity contribution in [2.24, 2.45) is 0 Å². The summed E-state index contributed by atoms with van der Waals surface area (Å²) in [6.45, 7) is 15.3. The molecule has 138 valence electrons. The van der Waals surface area contributed by atoms with Gasteiger partial charge in [-0.15, -0.1) is 0 Å². The van der Waals surface area contributed by atoms with E-state index in [-0.39, 0.29) is 5.91 Å². The fourth-order valence-electron chi connectivity index (χ4n) is 2.72. The highest BCUT2D eigenvalue weighted by Crippen LogP contribution is 2.13. The van der Waals surface area contributed by atoms with Crippen LogP contribution in [0.4, 0.5) is 0 Å². The second kappa shape index (κ2) is 15.2. The molecule has 3 nitrogen and oxygen atoms in total. The number of allylic oxidation sites excluding steroid dienone is 5. The van der Waals surface area contributed by atoms with E-state index >= 15 is 0 Å². The Balaban J connectivity index is 0.00000254. The number of hydrogen-bond donors (Lipinski definition) is 1. The third-order valence-electron chi connectivity index (χ3n) is 4.16. The number of nitrogens with one attached hydrogen (secondary N) is 1. The van der Waals surface area contributed by atoms with Gasteiger partial charge < -0.3 is 10.2 Å². The van der Waals surface area contributed by atoms with Crippen LogP contribution in [0.15, 0.2) is 36.5 Å². The molecule has 24 heavy (non-hydrogen) atoms. The van der Waals surface area contributed by atoms with Gasteiger partial charge >= 0.3 is 0 Å². The van der Waals surface area contributed by atoms with Gasteiger partial charge in [-0.05, 0) is 44.2 Å². The Morgan fingerprint density at radius 2 is 1.92 bits per heavy atom. The Hall–Kier alpha value is -1.35. The SMILES string of the molecule is C=C/C(=C\C=C/CC)CCCN1CCC(NC(=O)CC)CC1.CC. The van der Waals surface area contributed by atoms with Crippen LogP contribution >= 0.6 is 0 Å². The number of likely N-dealkylation sites (tertiary alicyclic amines) is 1. The van der Waals surface area contributed by atoms with Gasteiger partial charge in [0.05, 0.1) is 0 Å². The lowest BCUT2D eigenvalue weighted by atomic mass is 10.0. The van der Waals surface area contributed by atoms with Crippen LogP contribution < -0.4 is 5.32 Å². The average Bonchev–Trinajstić information content (AvgIpc) is 2.63. The highest BCUT2D eigenvalue weighted by molar-refractivity contribution is 5.75. The summed E-state index contributed by atoms with van der Waals surface area (Å²) in [7, 11) is 0. The van der Waals surface area contributed by atoms with Crippen molar-refractivity contribution in [3.63, 3.8) is 0 Å². The Morgan fingerprint density at radius 3 is 2.46 bits per heavy atom. The van der Waals surface area contributed by atoms with Gasteiger partial charge in [-0.1, -0.05) is 58.6 Å². The zero-order chi connectivity index (χ0) is 18.2. The van der Waals surface area contributed by atoms with Crippen LogP contribution in [0, 0.1) is 0 Å². The van der Waals surface area contributed by atoms with Gasteiger partial charge in [0.25, 0.3) is 0 Å². The van der Waals surface area contributed by atoms with E-state index in [1.165, 1.54) is 12.0 Å². The molecule has 1 heterocycles. The molecule has 3 heteroatoms. The van der Waals surface area contributed by atoms with Crippen LogP contribution in [0.3, 0.4) is 0 Å². The first-order valence-electron chi connectivity index (χ1n) is 9.69. The number of amides is 1. The summed E-state index contributed by atoms with van der Waals surface area (Å²) in [5.74, 6) is 0.180. The molecule has 1 saturated heterocycles. The lowest BCUT2D eigenvalue weighted by Gasteiger charge is -2.32. The van der Waals surface area contributed by atoms with Crippen molar-refractivity contribution in [3.8, 4) is 0 Å². The van der Waals surface area contributed by atoms with E-state index in [9.17, 15) is 4.79 Å². The zero-order valence-corrected chi connectivity index (χ0v) is 16.3. The van der Waals surface area contributed by atoms with E-state index in [1.54, 1.807) is 0 Å². The standard InChI is InChI=1S/C19H32N2O.C2H6/c1-4-7-8-10-17(5-2)11-9-14-21-15-12-18(13-16-21)20-19(22)6-3;1-2/h5,7-8,10,18H,2,4,6,9,11-16H2,1,3H3,(H,20,22);1-2H3/b8-7-,17-10+;. The van der Waals surface area contributed by atoms with Gasteiger partial charge in [-0.3, -0.25) is 4.79 Å². The highest BCUT2D eigenvalue weighted by atomic mass is 16.1. The number of hydrogen-bond acceptors (Lipinski definition) is 2. The van der Waals surface area contributed by atoms with Crippen molar-refractivity contribution in [3.05, 3.63) is 36.5 Å². The van der Waals surface area contributed by atoms with Gasteiger partial charge in [0.1, 0.15) is 0 Å². The molecule has 1 fully saturated rings. The van der Waals surface area contributed by atoms with E-state index in [0.29, 0.717) is 12.5 Å². The van der Waals surface area contributed by atoms with Gasteiger partial charge in [0.15, 0.2) is 0 Å². The third kappa shape index (κ3) is 10.4. The molecule has 0 aromatic carbocycles. The summed E-state index contributed by atoms with van der Waals surface area (Å²) in [6, 6.07) is 0.381. The zero-order valence-electron chi connectivity index (χ0n) is 16.3. The maximum Gasteiger partial charge on any atom is 0.219 e. The Labute approximate surface area is 149 Å². The number of nitrogens with zero attached hydrogens (tertiary/aromatic N) is 1. The van der Waals surface area contributed by atoms with Crippen molar-refractivity contribution in [2.45, 2.75) is 72.3 Å². The largest absolute Gasteiger partial charge is 0.353 e. The van der Waals surface area contributed by atoms with Crippen LogP contribution in [-0.2, 0) is 4.79 Å². The lowest BCUT2D eigenvalue weighted by Crippen LogP contribution is -2.44. The van der Waals surface area contributed by atoms with Crippen molar-refractivity contribution in [1.82, 2.24) is 10.2 Å². The molecule has 1 N–H and O–H groups in total. The Bertz CT molecular complexity index is 391. The Kier molecular flexibility index (Phi) is 14.3. The summed E-state index contributed by atoms with van der Waals surface area (Å²) >= 11 is 0. The van der Waals surface area contributed by atoms with Crippen LogP contribution in [0.5, 0.6) is 0 Å². The number of carbonyl (C=O) groups excluding carboxylic acids is 1. The van der Waals surface area contributed by atoms with Gasteiger partial charge in [-0.25, -0.2) is 0 Å². The minimum absolute atomic E-state index is 0.180. The van der Waals surface area contributed by atoms with Crippen LogP contribution in [-0.4, -0.2) is 36.5 Å². The first-order valence-corrected chi connectivity index (χ1v) is 9.69. The molecule has 0 atom stereocenters. The van der Waals surface area contributed by atoms with Gasteiger partial charge in [-0.2, -0.15) is 0 Å². The molecule has 1 aliphatic heterocycles. The van der Waals surface area contributed by atoms with Gasteiger partial charge in [0.2, 0.25) is 5.91 Å². The second-order valence-corrected chi connectivity index (χ2v) is 5.92. The quantitative estimate of drug-likeness (QED) is 0.611. The van der Waals surface area contributed by atoms with E-state index in [2.05, 4.69) is 41.9 Å². The van der Waals surface area contributed by atoms with E-state index in [1.807, 2.05) is 26.8 Å². The van der Waals surface area contributed by atoms with Crippen LogP contribution in [0.1, 0.15) is 66.2 Å². The molecule has 0 spiro atoms. The monoisotopic (exact) mass is 334 g/mol. The number of piperidine rings is 1. The topological polar surface area (TPSA) is 32.3 Å². The fraction of sp³-hybridized carbons (Fsp3) is 0.667. The van der Waals surface area contributed by atoms with E-state index in [0.717, 1.165) is 45.3 Å². The molecule has 0 aromatic heterocycles. The average molecular weight is 335 g/mol. The second-order valence-electron chi connectivity index (χ2n) is 5.92. The van der Waals surface area contributed by atoms with Crippen LogP contribution in [0.2, 0.25) is 0 Å². The predicted octanol–water partition coefficient (Wildman–Crippen LogP) is 4.86. The molecule has 0 aromatic rings. The summed E-state index contributed by atoms with van der Waals surface area (Å²) in [5, 5.41) is 3.11. The number of carbonyl (C=O) groups is 1. The maximum absolute atomic E-state index is 11.4. The lowest BCUT2D eigenvalue weighted by molar-refractivity contribution is -0.121. The molecule has 0 saturated carbocycles. The molecule has 0 radical (unpaired) electrons. The normalized spacial score (nSPS) is 16.6. The molecule has 0 aliphatic carbocycles. The minimum Gasteiger partial charge on any atom is -0.353 e. The molecule has 1 rings (SSSR count). The Morgan fingerprint density at radius 1 is 1.25 bits per heavy atom. The van der Waals surface area contributed by atoms with Crippen molar-refractivity contribution < 1.29 is 4.79 Å². The molecule has 0 bridgehead atoms. The van der Waals surface area contributed by atoms with Gasteiger partial charge in [0, 0.05) is 25.6 Å². The third-order valence-corrected chi connectivity index (χ3v) is 4.16. The molecule has 1 amide bonds. The van der Waals surface area contributed by atoms with E-state index in [4.69, 9.17) is 0 Å². The summed E-state index contributed by atoms with van der Waals surface area (Å²) in [5.41, 5.74) is 1.31. The van der Waals surface area contributed by atoms with Crippen molar-refractivity contribution in [2.75, 3.05) is 19.6 Å². The van der Waals surface area contributed by atoms with Crippen LogP contribution in [0.25, 0.3) is 0 Å². The summed E-state index contributed by atoms with van der Waals surface area (Å²) in [4.78, 5) is 13.9. The molecule has 1 aliphatic rings. The minimum atomic E-state index is 0.180.